The van der Waals surface area contributed by atoms with Crippen LogP contribution in [0.5, 0.6) is 0 Å². The minimum absolute atomic E-state index is 0.685. The molecule has 5 heteroatoms. The predicted octanol–water partition coefficient (Wildman–Crippen LogP) is 5.38. The number of rotatable bonds is 4. The molecule has 1 N–H and O–H groups in total. The summed E-state index contributed by atoms with van der Waals surface area (Å²) in [5.74, 6) is 1.50. The van der Waals surface area contributed by atoms with Crippen LogP contribution in [0.2, 0.25) is 0 Å². The largest absolute Gasteiger partial charge is 0.463 e. The molecular formula is C18H13N3OS. The zero-order chi connectivity index (χ0) is 15.5. The molecule has 0 unspecified atom stereocenters. The first-order valence-corrected chi connectivity index (χ1v) is 8.04. The lowest BCUT2D eigenvalue weighted by molar-refractivity contribution is 0.560. The van der Waals surface area contributed by atoms with E-state index in [4.69, 9.17) is 4.42 Å². The average Bonchev–Trinajstić information content (AvgIpc) is 3.24. The van der Waals surface area contributed by atoms with Crippen molar-refractivity contribution in [2.24, 2.45) is 4.99 Å². The van der Waals surface area contributed by atoms with Crippen molar-refractivity contribution in [3.63, 3.8) is 0 Å². The summed E-state index contributed by atoms with van der Waals surface area (Å²) in [5, 5.41) is 8.37. The van der Waals surface area contributed by atoms with Gasteiger partial charge in [-0.25, -0.2) is 9.98 Å². The number of aromatic nitrogens is 1. The molecule has 4 aromatic rings. The SMILES string of the molecule is C(=N\c1nc(Nc2ccc3ccccc3c2)cs1)/c1ccco1. The van der Waals surface area contributed by atoms with E-state index < -0.39 is 0 Å². The van der Waals surface area contributed by atoms with Crippen LogP contribution in [0.15, 0.2) is 75.7 Å². The van der Waals surface area contributed by atoms with E-state index in [0.29, 0.717) is 10.9 Å². The first kappa shape index (κ1) is 13.7. The molecule has 0 spiro atoms. The van der Waals surface area contributed by atoms with E-state index in [1.54, 1.807) is 12.5 Å². The minimum atomic E-state index is 0.685. The van der Waals surface area contributed by atoms with Crippen molar-refractivity contribution in [1.29, 1.82) is 0 Å². The monoisotopic (exact) mass is 319 g/mol. The lowest BCUT2D eigenvalue weighted by Crippen LogP contribution is -1.89. The van der Waals surface area contributed by atoms with Crippen molar-refractivity contribution in [1.82, 2.24) is 4.98 Å². The fourth-order valence-corrected chi connectivity index (χ4v) is 2.87. The van der Waals surface area contributed by atoms with Gasteiger partial charge in [-0.2, -0.15) is 0 Å². The Morgan fingerprint density at radius 3 is 2.83 bits per heavy atom. The van der Waals surface area contributed by atoms with Crippen molar-refractivity contribution < 1.29 is 4.42 Å². The third-order valence-electron chi connectivity index (χ3n) is 3.36. The van der Waals surface area contributed by atoms with Gasteiger partial charge in [-0.05, 0) is 35.0 Å². The van der Waals surface area contributed by atoms with Crippen LogP contribution >= 0.6 is 11.3 Å². The van der Waals surface area contributed by atoms with Crippen LogP contribution in [-0.4, -0.2) is 11.2 Å². The summed E-state index contributed by atoms with van der Waals surface area (Å²) in [6, 6.07) is 18.2. The number of nitrogens with zero attached hydrogens (tertiary/aromatic N) is 2. The summed E-state index contributed by atoms with van der Waals surface area (Å²) in [6.07, 6.45) is 3.29. The normalized spacial score (nSPS) is 11.3. The molecule has 112 valence electrons. The maximum atomic E-state index is 5.21. The minimum Gasteiger partial charge on any atom is -0.463 e. The third kappa shape index (κ3) is 3.14. The highest BCUT2D eigenvalue weighted by molar-refractivity contribution is 7.13. The number of thiazole rings is 1. The summed E-state index contributed by atoms with van der Waals surface area (Å²) in [5.41, 5.74) is 1.01. The molecule has 0 aliphatic carbocycles. The van der Waals surface area contributed by atoms with Crippen LogP contribution in [0.1, 0.15) is 5.76 Å². The van der Waals surface area contributed by atoms with Gasteiger partial charge in [0.25, 0.3) is 0 Å². The van der Waals surface area contributed by atoms with E-state index in [2.05, 4.69) is 39.6 Å². The Morgan fingerprint density at radius 1 is 1.04 bits per heavy atom. The van der Waals surface area contributed by atoms with Gasteiger partial charge in [0.2, 0.25) is 5.13 Å². The molecule has 2 heterocycles. The van der Waals surface area contributed by atoms with Crippen LogP contribution in [-0.2, 0) is 0 Å². The second-order valence-electron chi connectivity index (χ2n) is 4.98. The average molecular weight is 319 g/mol. The summed E-state index contributed by atoms with van der Waals surface area (Å²) in [4.78, 5) is 8.76. The van der Waals surface area contributed by atoms with E-state index in [-0.39, 0.29) is 0 Å². The Labute approximate surface area is 137 Å². The standard InChI is InChI=1S/C18H13N3OS/c1-2-5-14-10-15(8-7-13(14)4-1)20-17-12-23-18(21-17)19-11-16-6-3-9-22-16/h1-12,20H/b19-11+. The summed E-state index contributed by atoms with van der Waals surface area (Å²) in [7, 11) is 0. The van der Waals surface area contributed by atoms with Gasteiger partial charge in [0, 0.05) is 11.1 Å². The number of nitrogens with one attached hydrogen (secondary N) is 1. The van der Waals surface area contributed by atoms with Crippen molar-refractivity contribution >= 4 is 45.0 Å². The molecule has 2 aromatic carbocycles. The molecule has 2 aromatic heterocycles. The number of furan rings is 1. The van der Waals surface area contributed by atoms with Gasteiger partial charge in [0.1, 0.15) is 11.6 Å². The summed E-state index contributed by atoms with van der Waals surface area (Å²) in [6.45, 7) is 0. The Balaban J connectivity index is 1.52. The molecule has 0 saturated heterocycles. The Bertz CT molecular complexity index is 957. The topological polar surface area (TPSA) is 50.4 Å². The molecule has 4 rings (SSSR count). The first-order valence-electron chi connectivity index (χ1n) is 7.16. The van der Waals surface area contributed by atoms with Gasteiger partial charge >= 0.3 is 0 Å². The van der Waals surface area contributed by atoms with Crippen LogP contribution < -0.4 is 5.32 Å². The molecule has 0 radical (unpaired) electrons. The molecule has 23 heavy (non-hydrogen) atoms. The van der Waals surface area contributed by atoms with Crippen molar-refractivity contribution in [2.45, 2.75) is 0 Å². The Morgan fingerprint density at radius 2 is 1.96 bits per heavy atom. The zero-order valence-corrected chi connectivity index (χ0v) is 13.0. The highest BCUT2D eigenvalue weighted by Crippen LogP contribution is 2.26. The second kappa shape index (κ2) is 6.06. The second-order valence-corrected chi connectivity index (χ2v) is 5.81. The van der Waals surface area contributed by atoms with Crippen LogP contribution in [0.25, 0.3) is 10.8 Å². The molecule has 0 saturated carbocycles. The maximum Gasteiger partial charge on any atom is 0.211 e. The van der Waals surface area contributed by atoms with Crippen molar-refractivity contribution in [3.05, 3.63) is 72.0 Å². The highest BCUT2D eigenvalue weighted by Gasteiger charge is 2.02. The Kier molecular flexibility index (Phi) is 3.62. The Hall–Kier alpha value is -2.92. The molecular weight excluding hydrogens is 306 g/mol. The van der Waals surface area contributed by atoms with E-state index in [0.717, 1.165) is 11.5 Å². The van der Waals surface area contributed by atoms with E-state index >= 15 is 0 Å². The van der Waals surface area contributed by atoms with Crippen LogP contribution in [0.4, 0.5) is 16.6 Å². The number of anilines is 2. The number of hydrogen-bond donors (Lipinski definition) is 1. The van der Waals surface area contributed by atoms with Gasteiger partial charge in [0.15, 0.2) is 0 Å². The number of hydrogen-bond acceptors (Lipinski definition) is 5. The van der Waals surface area contributed by atoms with Gasteiger partial charge in [-0.1, -0.05) is 30.3 Å². The molecule has 4 nitrogen and oxygen atoms in total. The maximum absolute atomic E-state index is 5.21. The third-order valence-corrected chi connectivity index (χ3v) is 4.11. The first-order chi connectivity index (χ1) is 11.4. The van der Waals surface area contributed by atoms with Gasteiger partial charge in [0.05, 0.1) is 12.5 Å². The smallest absolute Gasteiger partial charge is 0.211 e. The van der Waals surface area contributed by atoms with Gasteiger partial charge in [-0.3, -0.25) is 0 Å². The summed E-state index contributed by atoms with van der Waals surface area (Å²) < 4.78 is 5.21. The number of fused-ring (bicyclic) bond motifs is 1. The zero-order valence-electron chi connectivity index (χ0n) is 12.1. The van der Waals surface area contributed by atoms with Crippen LogP contribution in [0.3, 0.4) is 0 Å². The molecule has 0 atom stereocenters. The molecule has 0 fully saturated rings. The van der Waals surface area contributed by atoms with E-state index in [1.807, 2.05) is 35.7 Å². The van der Waals surface area contributed by atoms with E-state index in [1.165, 1.54) is 22.1 Å². The quantitative estimate of drug-likeness (QED) is 0.513. The lowest BCUT2D eigenvalue weighted by Gasteiger charge is -2.04. The lowest BCUT2D eigenvalue weighted by atomic mass is 10.1. The van der Waals surface area contributed by atoms with Crippen LogP contribution in [0, 0.1) is 0 Å². The van der Waals surface area contributed by atoms with E-state index in [9.17, 15) is 0 Å². The fraction of sp³-hybridized carbons (Fsp3) is 0. The van der Waals surface area contributed by atoms with Crippen molar-refractivity contribution in [2.75, 3.05) is 5.32 Å². The molecule has 0 aliphatic rings. The fourth-order valence-electron chi connectivity index (χ4n) is 2.28. The number of aliphatic imine (C=N–C) groups is 1. The molecule has 0 aliphatic heterocycles. The van der Waals surface area contributed by atoms with Gasteiger partial charge < -0.3 is 9.73 Å². The molecule has 0 amide bonds. The predicted molar refractivity (Wildman–Crippen MR) is 95.3 cm³/mol. The van der Waals surface area contributed by atoms with Crippen molar-refractivity contribution in [3.8, 4) is 0 Å². The summed E-state index contributed by atoms with van der Waals surface area (Å²) >= 11 is 1.48. The molecule has 0 bridgehead atoms. The van der Waals surface area contributed by atoms with Gasteiger partial charge in [-0.15, -0.1) is 11.3 Å². The number of benzene rings is 2. The highest BCUT2D eigenvalue weighted by atomic mass is 32.1.